The maximum Gasteiger partial charge on any atom is 0.146 e. The minimum atomic E-state index is -1.07. The van der Waals surface area contributed by atoms with Crippen molar-refractivity contribution in [3.63, 3.8) is 0 Å². The van der Waals surface area contributed by atoms with Gasteiger partial charge in [-0.25, -0.2) is 0 Å². The van der Waals surface area contributed by atoms with E-state index in [-0.39, 0.29) is 12.9 Å². The lowest BCUT2D eigenvalue weighted by Crippen LogP contribution is -2.23. The Morgan fingerprint density at radius 1 is 1.12 bits per heavy atom. The second kappa shape index (κ2) is 11.4. The number of ether oxygens (including phenoxy) is 4. The fraction of sp³-hybridized carbons (Fsp3) is 0.611. The predicted molar refractivity (Wildman–Crippen MR) is 97.2 cm³/mol. The summed E-state index contributed by atoms with van der Waals surface area (Å²) in [5.74, 6) is 0.807. The number of hydrogen-bond acceptors (Lipinski definition) is 5. The maximum absolute atomic E-state index is 10.8. The zero-order chi connectivity index (χ0) is 17.8. The number of carbonyl (C=O) groups excluding carboxylic acids is 1. The van der Waals surface area contributed by atoms with Gasteiger partial charge in [0.05, 0.1) is 26.4 Å². The summed E-state index contributed by atoms with van der Waals surface area (Å²) in [6, 6.07) is 8.77. The molecule has 24 heavy (non-hydrogen) atoms. The van der Waals surface area contributed by atoms with Crippen LogP contribution >= 0.6 is 0 Å². The second-order valence-electron chi connectivity index (χ2n) is 6.89. The zero-order valence-electron chi connectivity index (χ0n) is 15.2. The number of benzene rings is 1. The van der Waals surface area contributed by atoms with E-state index >= 15 is 0 Å². The monoisotopic (exact) mass is 354 g/mol. The van der Waals surface area contributed by atoms with Crippen molar-refractivity contribution in [2.75, 3.05) is 27.1 Å². The third kappa shape index (κ3) is 9.82. The molecule has 0 heterocycles. The first kappa shape index (κ1) is 20.8. The van der Waals surface area contributed by atoms with Gasteiger partial charge in [-0.3, -0.25) is 0 Å². The number of methoxy groups -OCH3 is 1. The van der Waals surface area contributed by atoms with Crippen LogP contribution in [0.1, 0.15) is 12.0 Å². The number of carbonyl (C=O) groups is 1. The van der Waals surface area contributed by atoms with E-state index < -0.39 is 8.07 Å². The maximum atomic E-state index is 10.8. The van der Waals surface area contributed by atoms with Crippen LogP contribution in [0.3, 0.4) is 0 Å². The van der Waals surface area contributed by atoms with Crippen LogP contribution in [0.25, 0.3) is 0 Å². The summed E-state index contributed by atoms with van der Waals surface area (Å²) < 4.78 is 21.8. The third-order valence-electron chi connectivity index (χ3n) is 3.47. The van der Waals surface area contributed by atoms with Gasteiger partial charge in [0.15, 0.2) is 0 Å². The van der Waals surface area contributed by atoms with Crippen molar-refractivity contribution in [1.29, 1.82) is 0 Å². The van der Waals surface area contributed by atoms with Crippen molar-refractivity contribution in [2.45, 2.75) is 44.8 Å². The lowest BCUT2D eigenvalue weighted by molar-refractivity contribution is -0.117. The van der Waals surface area contributed by atoms with Crippen LogP contribution in [0.5, 0.6) is 5.75 Å². The van der Waals surface area contributed by atoms with E-state index in [9.17, 15) is 4.79 Å². The second-order valence-corrected chi connectivity index (χ2v) is 12.5. The van der Waals surface area contributed by atoms with E-state index in [1.807, 2.05) is 24.3 Å². The summed E-state index contributed by atoms with van der Waals surface area (Å²) in [5.41, 5.74) is 1.03. The number of hydrogen-bond donors (Lipinski definition) is 0. The Morgan fingerprint density at radius 2 is 1.83 bits per heavy atom. The highest BCUT2D eigenvalue weighted by Gasteiger charge is 2.13. The Balaban J connectivity index is 2.24. The fourth-order valence-corrected chi connectivity index (χ4v) is 2.66. The lowest BCUT2D eigenvalue weighted by Gasteiger charge is -2.17. The van der Waals surface area contributed by atoms with Crippen molar-refractivity contribution >= 4 is 14.4 Å². The van der Waals surface area contributed by atoms with Gasteiger partial charge in [0.1, 0.15) is 18.8 Å². The third-order valence-corrected chi connectivity index (χ3v) is 5.17. The van der Waals surface area contributed by atoms with E-state index in [1.54, 1.807) is 7.11 Å². The number of rotatable bonds is 13. The molecule has 0 unspecified atom stereocenters. The van der Waals surface area contributed by atoms with Crippen LogP contribution < -0.4 is 4.74 Å². The van der Waals surface area contributed by atoms with Crippen molar-refractivity contribution in [3.8, 4) is 5.75 Å². The molecular weight excluding hydrogens is 324 g/mol. The molecule has 0 radical (unpaired) electrons. The van der Waals surface area contributed by atoms with Gasteiger partial charge in [0, 0.05) is 21.1 Å². The molecule has 0 saturated carbocycles. The highest BCUT2D eigenvalue weighted by molar-refractivity contribution is 6.76. The summed E-state index contributed by atoms with van der Waals surface area (Å²) in [5, 5.41) is 0. The summed E-state index contributed by atoms with van der Waals surface area (Å²) >= 11 is 0. The van der Waals surface area contributed by atoms with Gasteiger partial charge in [-0.1, -0.05) is 31.8 Å². The molecular formula is C18H30O5Si. The Kier molecular flexibility index (Phi) is 9.86. The van der Waals surface area contributed by atoms with Crippen molar-refractivity contribution in [3.05, 3.63) is 29.8 Å². The summed E-state index contributed by atoms with van der Waals surface area (Å²) in [7, 11) is 0.564. The molecule has 0 N–H and O–H groups in total. The standard InChI is InChI=1S/C18H30O5Si/c1-20-17-7-5-16(6-8-17)13-23-18(9-10-19)14-22-15-21-11-12-24(2,3)4/h5-8,10,18H,9,11-15H2,1-4H3/t18-/m1/s1. The molecule has 0 aromatic heterocycles. The van der Waals surface area contributed by atoms with E-state index in [1.165, 1.54) is 0 Å². The van der Waals surface area contributed by atoms with Gasteiger partial charge in [0.2, 0.25) is 0 Å². The van der Waals surface area contributed by atoms with Crippen LogP contribution in [-0.4, -0.2) is 47.6 Å². The van der Waals surface area contributed by atoms with E-state index in [0.717, 1.165) is 30.3 Å². The Labute approximate surface area is 146 Å². The van der Waals surface area contributed by atoms with E-state index in [0.29, 0.717) is 19.6 Å². The molecule has 0 amide bonds. The zero-order valence-corrected chi connectivity index (χ0v) is 16.2. The van der Waals surface area contributed by atoms with Crippen LogP contribution in [0, 0.1) is 0 Å². The highest BCUT2D eigenvalue weighted by Crippen LogP contribution is 2.13. The van der Waals surface area contributed by atoms with Gasteiger partial charge >= 0.3 is 0 Å². The van der Waals surface area contributed by atoms with Crippen molar-refractivity contribution in [1.82, 2.24) is 0 Å². The largest absolute Gasteiger partial charge is 0.497 e. The minimum Gasteiger partial charge on any atom is -0.497 e. The molecule has 0 saturated heterocycles. The highest BCUT2D eigenvalue weighted by atomic mass is 28.3. The number of aldehydes is 1. The molecule has 0 aliphatic rings. The molecule has 5 nitrogen and oxygen atoms in total. The van der Waals surface area contributed by atoms with Crippen molar-refractivity contribution in [2.24, 2.45) is 0 Å². The summed E-state index contributed by atoms with van der Waals surface area (Å²) in [6.45, 7) is 8.68. The van der Waals surface area contributed by atoms with Crippen LogP contribution in [0.2, 0.25) is 25.7 Å². The van der Waals surface area contributed by atoms with Gasteiger partial charge in [0.25, 0.3) is 0 Å². The molecule has 136 valence electrons. The van der Waals surface area contributed by atoms with Crippen molar-refractivity contribution < 1.29 is 23.7 Å². The summed E-state index contributed by atoms with van der Waals surface area (Å²) in [4.78, 5) is 10.8. The van der Waals surface area contributed by atoms with Gasteiger partial charge in [-0.05, 0) is 23.7 Å². The fourth-order valence-electron chi connectivity index (χ4n) is 1.90. The first-order valence-electron chi connectivity index (χ1n) is 8.28. The molecule has 1 aromatic carbocycles. The average Bonchev–Trinajstić information content (AvgIpc) is 2.55. The Bertz CT molecular complexity index is 455. The van der Waals surface area contributed by atoms with Crippen LogP contribution in [0.4, 0.5) is 0 Å². The first-order chi connectivity index (χ1) is 11.4. The van der Waals surface area contributed by atoms with Crippen LogP contribution in [0.15, 0.2) is 24.3 Å². The van der Waals surface area contributed by atoms with Gasteiger partial charge in [-0.15, -0.1) is 0 Å². The van der Waals surface area contributed by atoms with Gasteiger partial charge in [-0.2, -0.15) is 0 Å². The minimum absolute atomic E-state index is 0.242. The smallest absolute Gasteiger partial charge is 0.146 e. The molecule has 6 heteroatoms. The molecule has 0 aliphatic heterocycles. The quantitative estimate of drug-likeness (QED) is 0.235. The molecule has 0 fully saturated rings. The molecule has 0 spiro atoms. The van der Waals surface area contributed by atoms with E-state index in [2.05, 4.69) is 19.6 Å². The molecule has 0 aliphatic carbocycles. The summed E-state index contributed by atoms with van der Waals surface area (Å²) in [6.07, 6.45) is 0.907. The van der Waals surface area contributed by atoms with Gasteiger partial charge < -0.3 is 23.7 Å². The molecule has 1 aromatic rings. The Morgan fingerprint density at radius 3 is 2.42 bits per heavy atom. The molecule has 1 rings (SSSR count). The van der Waals surface area contributed by atoms with E-state index in [4.69, 9.17) is 18.9 Å². The predicted octanol–water partition coefficient (Wildman–Crippen LogP) is 3.50. The SMILES string of the molecule is COc1ccc(CO[C@H](CC=O)COCOCC[Si](C)(C)C)cc1. The average molecular weight is 355 g/mol. The Hall–Kier alpha value is -1.21. The lowest BCUT2D eigenvalue weighted by atomic mass is 10.2. The molecule has 1 atom stereocenters. The first-order valence-corrected chi connectivity index (χ1v) is 12.0. The van der Waals surface area contributed by atoms with Crippen LogP contribution in [-0.2, 0) is 25.6 Å². The molecule has 0 bridgehead atoms. The topological polar surface area (TPSA) is 54.0 Å². The normalized spacial score (nSPS) is 12.8.